The van der Waals surface area contributed by atoms with Crippen LogP contribution in [-0.2, 0) is 10.0 Å². The van der Waals surface area contributed by atoms with Crippen LogP contribution in [0.1, 0.15) is 12.5 Å². The summed E-state index contributed by atoms with van der Waals surface area (Å²) in [6.07, 6.45) is 1.59. The minimum atomic E-state index is -3.48. The van der Waals surface area contributed by atoms with Gasteiger partial charge in [0.25, 0.3) is 0 Å². The van der Waals surface area contributed by atoms with E-state index in [1.807, 2.05) is 0 Å². The van der Waals surface area contributed by atoms with Crippen molar-refractivity contribution >= 4 is 49.0 Å². The number of aromatic nitrogens is 2. The van der Waals surface area contributed by atoms with Gasteiger partial charge in [-0.25, -0.2) is 18.4 Å². The highest BCUT2D eigenvalue weighted by Crippen LogP contribution is 2.29. The molecule has 7 nitrogen and oxygen atoms in total. The number of hydrogen-bond donors (Lipinski definition) is 1. The van der Waals surface area contributed by atoms with Crippen LogP contribution in [0.2, 0.25) is 5.02 Å². The van der Waals surface area contributed by atoms with Crippen molar-refractivity contribution in [2.45, 2.75) is 24.8 Å². The molecule has 30 heavy (non-hydrogen) atoms. The fraction of sp³-hybridized carbons (Fsp3) is 0.400. The van der Waals surface area contributed by atoms with Crippen molar-refractivity contribution in [3.63, 3.8) is 0 Å². The third-order valence-electron chi connectivity index (χ3n) is 5.23. The van der Waals surface area contributed by atoms with Gasteiger partial charge in [0.2, 0.25) is 10.0 Å². The second kappa shape index (κ2) is 8.76. The minimum Gasteiger partial charge on any atom is -0.365 e. The number of benzene rings is 1. The van der Waals surface area contributed by atoms with Crippen molar-refractivity contribution in [3.05, 3.63) is 46.6 Å². The van der Waals surface area contributed by atoms with Gasteiger partial charge in [-0.05, 0) is 49.1 Å². The number of anilines is 1. The van der Waals surface area contributed by atoms with Gasteiger partial charge in [-0.15, -0.1) is 11.3 Å². The normalized spacial score (nSPS) is 17.3. The number of thiophene rings is 1. The van der Waals surface area contributed by atoms with Crippen molar-refractivity contribution in [2.24, 2.45) is 0 Å². The van der Waals surface area contributed by atoms with Crippen molar-refractivity contribution in [1.29, 1.82) is 0 Å². The third-order valence-corrected chi connectivity index (χ3v) is 8.49. The molecule has 0 saturated carbocycles. The van der Waals surface area contributed by atoms with Crippen LogP contribution < -0.4 is 5.32 Å². The number of halogens is 1. The first-order valence-electron chi connectivity index (χ1n) is 9.78. The van der Waals surface area contributed by atoms with E-state index in [-0.39, 0.29) is 10.9 Å². The Hall–Kier alpha value is -1.78. The van der Waals surface area contributed by atoms with Crippen LogP contribution in [-0.4, -0.2) is 66.4 Å². The maximum atomic E-state index is 12.8. The standard InChI is InChI=1S/C20H24ClN5O2S2/c1-14-12-29-19-18(14)22-13-23-20(19)24-15(2)11-25-7-9-26(10-8-25)30(27,28)17-5-3-16(21)4-6-17/h3-6,12-13,15H,7-11H2,1-2H3,(H,22,23,24)/t15-/m0/s1. The van der Waals surface area contributed by atoms with Crippen LogP contribution in [0, 0.1) is 6.92 Å². The lowest BCUT2D eigenvalue weighted by Gasteiger charge is -2.35. The fourth-order valence-corrected chi connectivity index (χ4v) is 6.15. The van der Waals surface area contributed by atoms with Crippen LogP contribution in [0.4, 0.5) is 5.82 Å². The average molecular weight is 466 g/mol. The van der Waals surface area contributed by atoms with Gasteiger partial charge >= 0.3 is 0 Å². The molecule has 1 N–H and O–H groups in total. The molecule has 0 unspecified atom stereocenters. The SMILES string of the molecule is Cc1csc2c(N[C@@H](C)CN3CCN(S(=O)(=O)c4ccc(Cl)cc4)CC3)ncnc12. The number of hydrogen-bond acceptors (Lipinski definition) is 7. The molecule has 10 heteroatoms. The highest BCUT2D eigenvalue weighted by atomic mass is 35.5. The minimum absolute atomic E-state index is 0.171. The molecule has 1 aromatic carbocycles. The Balaban J connectivity index is 1.34. The molecule has 1 atom stereocenters. The number of piperazine rings is 1. The summed E-state index contributed by atoms with van der Waals surface area (Å²) in [4.78, 5) is 11.3. The summed E-state index contributed by atoms with van der Waals surface area (Å²) in [5.74, 6) is 0.856. The van der Waals surface area contributed by atoms with E-state index in [9.17, 15) is 8.42 Å². The summed E-state index contributed by atoms with van der Waals surface area (Å²) in [5, 5.41) is 6.11. The lowest BCUT2D eigenvalue weighted by molar-refractivity contribution is 0.184. The Bertz CT molecular complexity index is 1130. The number of fused-ring (bicyclic) bond motifs is 1. The van der Waals surface area contributed by atoms with Crippen molar-refractivity contribution in [2.75, 3.05) is 38.0 Å². The molecule has 0 aliphatic carbocycles. The van der Waals surface area contributed by atoms with Gasteiger partial charge in [-0.3, -0.25) is 4.90 Å². The van der Waals surface area contributed by atoms with Crippen molar-refractivity contribution in [3.8, 4) is 0 Å². The molecule has 2 aromatic heterocycles. The second-order valence-corrected chi connectivity index (χ2v) is 10.8. The van der Waals surface area contributed by atoms with E-state index in [1.165, 1.54) is 0 Å². The van der Waals surface area contributed by atoms with Crippen molar-refractivity contribution in [1.82, 2.24) is 19.2 Å². The highest BCUT2D eigenvalue weighted by molar-refractivity contribution is 7.89. The Morgan fingerprint density at radius 2 is 1.87 bits per heavy atom. The van der Waals surface area contributed by atoms with Crippen LogP contribution in [0.25, 0.3) is 10.2 Å². The molecule has 3 heterocycles. The predicted molar refractivity (Wildman–Crippen MR) is 122 cm³/mol. The maximum absolute atomic E-state index is 12.8. The molecular weight excluding hydrogens is 442 g/mol. The van der Waals surface area contributed by atoms with Gasteiger partial charge in [0, 0.05) is 43.8 Å². The second-order valence-electron chi connectivity index (χ2n) is 7.52. The van der Waals surface area contributed by atoms with Gasteiger partial charge in [0.1, 0.15) is 12.1 Å². The smallest absolute Gasteiger partial charge is 0.243 e. The summed E-state index contributed by atoms with van der Waals surface area (Å²) in [6.45, 7) is 7.30. The number of nitrogens with one attached hydrogen (secondary N) is 1. The first kappa shape index (κ1) is 21.5. The van der Waals surface area contributed by atoms with Gasteiger partial charge in [-0.2, -0.15) is 4.31 Å². The van der Waals surface area contributed by atoms with Crippen LogP contribution in [0.5, 0.6) is 0 Å². The number of aryl methyl sites for hydroxylation is 1. The summed E-state index contributed by atoms with van der Waals surface area (Å²) in [7, 11) is -3.48. The number of rotatable bonds is 6. The van der Waals surface area contributed by atoms with E-state index < -0.39 is 10.0 Å². The molecule has 1 aliphatic heterocycles. The predicted octanol–water partition coefficient (Wildman–Crippen LogP) is 3.46. The van der Waals surface area contributed by atoms with Crippen LogP contribution in [0.15, 0.2) is 40.9 Å². The molecular formula is C20H24ClN5O2S2. The van der Waals surface area contributed by atoms with Gasteiger partial charge < -0.3 is 5.32 Å². The Morgan fingerprint density at radius 1 is 1.17 bits per heavy atom. The monoisotopic (exact) mass is 465 g/mol. The zero-order chi connectivity index (χ0) is 21.3. The van der Waals surface area contributed by atoms with E-state index >= 15 is 0 Å². The number of nitrogens with zero attached hydrogens (tertiary/aromatic N) is 4. The molecule has 3 aromatic rings. The molecule has 1 fully saturated rings. The third kappa shape index (κ3) is 4.45. The first-order valence-corrected chi connectivity index (χ1v) is 12.5. The topological polar surface area (TPSA) is 78.4 Å². The largest absolute Gasteiger partial charge is 0.365 e. The summed E-state index contributed by atoms with van der Waals surface area (Å²) in [5.41, 5.74) is 2.15. The highest BCUT2D eigenvalue weighted by Gasteiger charge is 2.29. The summed E-state index contributed by atoms with van der Waals surface area (Å²) in [6, 6.07) is 6.51. The molecule has 0 amide bonds. The lowest BCUT2D eigenvalue weighted by atomic mass is 10.2. The molecule has 0 radical (unpaired) electrons. The Labute approximate surface area is 185 Å². The molecule has 0 bridgehead atoms. The zero-order valence-electron chi connectivity index (χ0n) is 16.9. The molecule has 160 valence electrons. The lowest BCUT2D eigenvalue weighted by Crippen LogP contribution is -2.50. The molecule has 4 rings (SSSR count). The van der Waals surface area contributed by atoms with E-state index in [4.69, 9.17) is 11.6 Å². The summed E-state index contributed by atoms with van der Waals surface area (Å²) >= 11 is 7.53. The Morgan fingerprint density at radius 3 is 2.57 bits per heavy atom. The molecule has 1 saturated heterocycles. The fourth-order valence-electron chi connectivity index (χ4n) is 3.65. The average Bonchev–Trinajstić information content (AvgIpc) is 3.11. The van der Waals surface area contributed by atoms with Crippen LogP contribution >= 0.6 is 22.9 Å². The summed E-state index contributed by atoms with van der Waals surface area (Å²) < 4.78 is 28.3. The van der Waals surface area contributed by atoms with Crippen LogP contribution in [0.3, 0.4) is 0 Å². The Kier molecular flexibility index (Phi) is 6.26. The van der Waals surface area contributed by atoms with Gasteiger partial charge in [0.05, 0.1) is 15.1 Å². The quantitative estimate of drug-likeness (QED) is 0.600. The van der Waals surface area contributed by atoms with Gasteiger partial charge in [0.15, 0.2) is 0 Å². The number of sulfonamides is 1. The van der Waals surface area contributed by atoms with E-state index in [2.05, 4.69) is 39.4 Å². The van der Waals surface area contributed by atoms with Gasteiger partial charge in [-0.1, -0.05) is 11.6 Å². The van der Waals surface area contributed by atoms with Crippen molar-refractivity contribution < 1.29 is 8.42 Å². The molecule has 1 aliphatic rings. The van der Waals surface area contributed by atoms with E-state index in [0.717, 1.165) is 28.1 Å². The van der Waals surface area contributed by atoms with E-state index in [1.54, 1.807) is 46.2 Å². The zero-order valence-corrected chi connectivity index (χ0v) is 19.3. The maximum Gasteiger partial charge on any atom is 0.243 e. The molecule has 0 spiro atoms. The van der Waals surface area contributed by atoms with E-state index in [0.29, 0.717) is 31.2 Å². The first-order chi connectivity index (χ1) is 14.3.